The third kappa shape index (κ3) is 4.34. The van der Waals surface area contributed by atoms with Gasteiger partial charge in [0.25, 0.3) is 0 Å². The van der Waals surface area contributed by atoms with Gasteiger partial charge in [-0.05, 0) is 51.1 Å². The second-order valence-electron chi connectivity index (χ2n) is 7.52. The van der Waals surface area contributed by atoms with E-state index < -0.39 is 0 Å². The molecule has 27 heavy (non-hydrogen) atoms. The van der Waals surface area contributed by atoms with Gasteiger partial charge in [0, 0.05) is 30.3 Å². The Morgan fingerprint density at radius 1 is 1.26 bits per heavy atom. The predicted octanol–water partition coefficient (Wildman–Crippen LogP) is 2.98. The molecular weight excluding hydrogens is 340 g/mol. The highest BCUT2D eigenvalue weighted by Gasteiger charge is 2.20. The van der Waals surface area contributed by atoms with Gasteiger partial charge in [0.15, 0.2) is 11.5 Å². The molecule has 6 heteroatoms. The van der Waals surface area contributed by atoms with E-state index in [9.17, 15) is 0 Å². The van der Waals surface area contributed by atoms with Crippen molar-refractivity contribution in [3.8, 4) is 22.8 Å². The first-order chi connectivity index (χ1) is 13.2. The zero-order chi connectivity index (χ0) is 18.6. The molecule has 0 saturated carbocycles. The molecule has 144 valence electrons. The van der Waals surface area contributed by atoms with Crippen molar-refractivity contribution in [1.82, 2.24) is 20.4 Å². The number of fused-ring (bicyclic) bond motifs is 1. The van der Waals surface area contributed by atoms with Crippen molar-refractivity contribution >= 4 is 0 Å². The lowest BCUT2D eigenvalue weighted by molar-refractivity contribution is 0.171. The molecule has 1 aromatic heterocycles. The summed E-state index contributed by atoms with van der Waals surface area (Å²) in [6.07, 6.45) is 4.25. The van der Waals surface area contributed by atoms with Crippen LogP contribution in [0.1, 0.15) is 25.3 Å². The lowest BCUT2D eigenvalue weighted by Gasteiger charge is -2.32. The maximum Gasteiger partial charge on any atom is 0.162 e. The number of hydrogen-bond acceptors (Lipinski definition) is 5. The topological polar surface area (TPSA) is 62.4 Å². The second kappa shape index (κ2) is 8.15. The van der Waals surface area contributed by atoms with Crippen molar-refractivity contribution in [2.24, 2.45) is 0 Å². The highest BCUT2D eigenvalue weighted by molar-refractivity contribution is 5.66. The van der Waals surface area contributed by atoms with Gasteiger partial charge < -0.3 is 14.8 Å². The van der Waals surface area contributed by atoms with Crippen LogP contribution in [0.3, 0.4) is 0 Å². The number of rotatable bonds is 6. The molecule has 1 aromatic carbocycles. The van der Waals surface area contributed by atoms with Crippen LogP contribution in [0, 0.1) is 0 Å². The van der Waals surface area contributed by atoms with E-state index in [4.69, 9.17) is 9.47 Å². The highest BCUT2D eigenvalue weighted by Crippen LogP contribution is 2.34. The van der Waals surface area contributed by atoms with Crippen molar-refractivity contribution in [2.75, 3.05) is 32.8 Å². The van der Waals surface area contributed by atoms with Gasteiger partial charge in [0.1, 0.15) is 13.2 Å². The van der Waals surface area contributed by atoms with Crippen LogP contribution < -0.4 is 14.8 Å². The third-order valence-electron chi connectivity index (χ3n) is 5.21. The van der Waals surface area contributed by atoms with Crippen molar-refractivity contribution in [3.63, 3.8) is 0 Å². The molecule has 0 unspecified atom stereocenters. The Balaban J connectivity index is 1.37. The quantitative estimate of drug-likeness (QED) is 0.768. The minimum Gasteiger partial charge on any atom is -0.486 e. The van der Waals surface area contributed by atoms with Crippen LogP contribution in [0.5, 0.6) is 11.5 Å². The standard InChI is InChI=1S/C21H28N4O2/c1-15(2)14-25-7-5-18(6-8-25)22-12-17-13-23-24-21(17)16-3-4-19-20(11-16)27-10-9-26-19/h3-4,11,13,18,22H,1,5-10,12,14H2,2H3,(H,23,24). The van der Waals surface area contributed by atoms with Gasteiger partial charge in [-0.25, -0.2) is 0 Å². The van der Waals surface area contributed by atoms with Crippen LogP contribution in [0.25, 0.3) is 11.3 Å². The number of H-pyrrole nitrogens is 1. The summed E-state index contributed by atoms with van der Waals surface area (Å²) in [4.78, 5) is 2.49. The average Bonchev–Trinajstić information content (AvgIpc) is 3.15. The number of nitrogens with zero attached hydrogens (tertiary/aromatic N) is 2. The SMILES string of the molecule is C=C(C)CN1CCC(NCc2cn[nH]c2-c2ccc3c(c2)OCCO3)CC1. The molecule has 1 fully saturated rings. The monoisotopic (exact) mass is 368 g/mol. The number of hydrogen-bond donors (Lipinski definition) is 2. The number of aromatic nitrogens is 2. The zero-order valence-corrected chi connectivity index (χ0v) is 16.0. The van der Waals surface area contributed by atoms with Crippen LogP contribution in [-0.4, -0.2) is 54.0 Å². The van der Waals surface area contributed by atoms with Gasteiger partial charge in [0.2, 0.25) is 0 Å². The minimum atomic E-state index is 0.550. The Labute approximate surface area is 160 Å². The van der Waals surface area contributed by atoms with Crippen LogP contribution >= 0.6 is 0 Å². The molecule has 1 saturated heterocycles. The molecule has 4 rings (SSSR count). The van der Waals surface area contributed by atoms with Crippen molar-refractivity contribution in [3.05, 3.63) is 42.1 Å². The summed E-state index contributed by atoms with van der Waals surface area (Å²) >= 11 is 0. The fourth-order valence-corrected chi connectivity index (χ4v) is 3.83. The lowest BCUT2D eigenvalue weighted by Crippen LogP contribution is -2.42. The first-order valence-electron chi connectivity index (χ1n) is 9.71. The Kier molecular flexibility index (Phi) is 5.45. The third-order valence-corrected chi connectivity index (χ3v) is 5.21. The summed E-state index contributed by atoms with van der Waals surface area (Å²) in [5.74, 6) is 1.61. The summed E-state index contributed by atoms with van der Waals surface area (Å²) in [6, 6.07) is 6.61. The van der Waals surface area contributed by atoms with E-state index in [1.807, 2.05) is 18.3 Å². The summed E-state index contributed by atoms with van der Waals surface area (Å²) in [7, 11) is 0. The van der Waals surface area contributed by atoms with Crippen LogP contribution in [-0.2, 0) is 6.54 Å². The minimum absolute atomic E-state index is 0.550. The fraction of sp³-hybridized carbons (Fsp3) is 0.476. The molecule has 0 radical (unpaired) electrons. The molecule has 0 aliphatic carbocycles. The smallest absolute Gasteiger partial charge is 0.162 e. The largest absolute Gasteiger partial charge is 0.486 e. The van der Waals surface area contributed by atoms with E-state index in [2.05, 4.69) is 40.0 Å². The van der Waals surface area contributed by atoms with Crippen molar-refractivity contribution in [1.29, 1.82) is 0 Å². The maximum atomic E-state index is 5.71. The summed E-state index contributed by atoms with van der Waals surface area (Å²) in [5, 5.41) is 11.1. The predicted molar refractivity (Wildman–Crippen MR) is 106 cm³/mol. The maximum absolute atomic E-state index is 5.71. The Bertz CT molecular complexity index is 793. The van der Waals surface area contributed by atoms with Gasteiger partial charge in [-0.3, -0.25) is 10.00 Å². The van der Waals surface area contributed by atoms with Gasteiger partial charge in [-0.2, -0.15) is 5.10 Å². The van der Waals surface area contributed by atoms with Crippen molar-refractivity contribution < 1.29 is 9.47 Å². The number of likely N-dealkylation sites (tertiary alicyclic amines) is 1. The number of ether oxygens (including phenoxy) is 2. The normalized spacial score (nSPS) is 17.8. The molecule has 2 N–H and O–H groups in total. The van der Waals surface area contributed by atoms with E-state index in [0.717, 1.165) is 48.9 Å². The molecule has 2 aliphatic heterocycles. The van der Waals surface area contributed by atoms with Gasteiger partial charge in [-0.1, -0.05) is 12.2 Å². The van der Waals surface area contributed by atoms with Crippen LogP contribution in [0.2, 0.25) is 0 Å². The summed E-state index contributed by atoms with van der Waals surface area (Å²) in [5.41, 5.74) is 4.53. The fourth-order valence-electron chi connectivity index (χ4n) is 3.83. The molecular formula is C21H28N4O2. The number of benzene rings is 1. The number of nitrogens with one attached hydrogen (secondary N) is 2. The van der Waals surface area contributed by atoms with E-state index >= 15 is 0 Å². The number of aromatic amines is 1. The van der Waals surface area contributed by atoms with E-state index in [0.29, 0.717) is 19.3 Å². The molecule has 0 atom stereocenters. The Hall–Kier alpha value is -2.31. The number of piperidine rings is 1. The molecule has 3 heterocycles. The van der Waals surface area contributed by atoms with Gasteiger partial charge >= 0.3 is 0 Å². The first kappa shape index (κ1) is 18.1. The molecule has 2 aliphatic rings. The van der Waals surface area contributed by atoms with E-state index in [1.54, 1.807) is 0 Å². The lowest BCUT2D eigenvalue weighted by atomic mass is 10.0. The first-order valence-corrected chi connectivity index (χ1v) is 9.71. The Morgan fingerprint density at radius 2 is 2.04 bits per heavy atom. The molecule has 0 amide bonds. The summed E-state index contributed by atoms with van der Waals surface area (Å²) < 4.78 is 11.3. The molecule has 6 nitrogen and oxygen atoms in total. The molecule has 0 bridgehead atoms. The molecule has 0 spiro atoms. The van der Waals surface area contributed by atoms with Crippen LogP contribution in [0.15, 0.2) is 36.5 Å². The second-order valence-corrected chi connectivity index (χ2v) is 7.52. The zero-order valence-electron chi connectivity index (χ0n) is 16.0. The van der Waals surface area contributed by atoms with Crippen LogP contribution in [0.4, 0.5) is 0 Å². The average molecular weight is 368 g/mol. The van der Waals surface area contributed by atoms with E-state index in [-0.39, 0.29) is 0 Å². The van der Waals surface area contributed by atoms with Gasteiger partial charge in [-0.15, -0.1) is 0 Å². The van der Waals surface area contributed by atoms with Gasteiger partial charge in [0.05, 0.1) is 11.9 Å². The van der Waals surface area contributed by atoms with Crippen molar-refractivity contribution in [2.45, 2.75) is 32.4 Å². The van der Waals surface area contributed by atoms with E-state index in [1.165, 1.54) is 24.0 Å². The Morgan fingerprint density at radius 3 is 2.81 bits per heavy atom. The molecule has 2 aromatic rings. The highest BCUT2D eigenvalue weighted by atomic mass is 16.6. The summed E-state index contributed by atoms with van der Waals surface area (Å²) in [6.45, 7) is 11.4.